The van der Waals surface area contributed by atoms with Crippen LogP contribution in [0.15, 0.2) is 30.3 Å². The molecule has 6 heteroatoms. The van der Waals surface area contributed by atoms with Gasteiger partial charge in [0.1, 0.15) is 0 Å². The van der Waals surface area contributed by atoms with Crippen LogP contribution in [0.5, 0.6) is 0 Å². The highest BCUT2D eigenvalue weighted by Gasteiger charge is 2.62. The number of aliphatic carboxylic acids is 3. The molecule has 25 heavy (non-hydrogen) atoms. The average Bonchev–Trinajstić information content (AvgIpc) is 2.57. The molecular weight excluding hydrogens is 324 g/mol. The summed E-state index contributed by atoms with van der Waals surface area (Å²) in [5, 5.41) is 29.4. The molecule has 0 radical (unpaired) electrons. The Bertz CT molecular complexity index is 655. The Morgan fingerprint density at radius 3 is 1.96 bits per heavy atom. The molecule has 1 aromatic carbocycles. The summed E-state index contributed by atoms with van der Waals surface area (Å²) in [5.74, 6) is -4.40. The van der Waals surface area contributed by atoms with Crippen molar-refractivity contribution in [3.8, 4) is 0 Å². The van der Waals surface area contributed by atoms with Crippen LogP contribution < -0.4 is 0 Å². The number of rotatable bonds is 7. The first-order valence-electron chi connectivity index (χ1n) is 8.49. The number of benzene rings is 1. The molecule has 3 N–H and O–H groups in total. The molecule has 1 saturated carbocycles. The van der Waals surface area contributed by atoms with Crippen molar-refractivity contribution in [3.63, 3.8) is 0 Å². The number of carboxylic acids is 3. The average molecular weight is 348 g/mol. The standard InChI is InChI=1S/C19H24O6/c1-13(15(20)21)11-18(16(22)23)9-5-6-10-19(18,17(24)25)12-14-7-3-2-4-8-14/h2-4,7-8,13H,5-6,9-12H2,1H3,(H,20,21)(H,22,23)(H,24,25). The van der Waals surface area contributed by atoms with Crippen LogP contribution in [0.2, 0.25) is 0 Å². The summed E-state index contributed by atoms with van der Waals surface area (Å²) in [6.07, 6.45) is 1.52. The van der Waals surface area contributed by atoms with Crippen molar-refractivity contribution in [1.29, 1.82) is 0 Å². The van der Waals surface area contributed by atoms with Crippen molar-refractivity contribution in [2.24, 2.45) is 16.7 Å². The molecule has 3 unspecified atom stereocenters. The predicted molar refractivity (Wildman–Crippen MR) is 90.2 cm³/mol. The Morgan fingerprint density at radius 1 is 0.960 bits per heavy atom. The zero-order valence-electron chi connectivity index (χ0n) is 14.3. The second-order valence-electron chi connectivity index (χ2n) is 7.09. The van der Waals surface area contributed by atoms with Crippen LogP contribution in [0.25, 0.3) is 0 Å². The van der Waals surface area contributed by atoms with E-state index in [9.17, 15) is 29.7 Å². The van der Waals surface area contributed by atoms with E-state index >= 15 is 0 Å². The predicted octanol–water partition coefficient (Wildman–Crippen LogP) is 3.06. The number of carboxylic acid groups (broad SMARTS) is 3. The SMILES string of the molecule is CC(CC1(C(=O)O)CCCCC1(Cc1ccccc1)C(=O)O)C(=O)O. The summed E-state index contributed by atoms with van der Waals surface area (Å²) < 4.78 is 0. The fraction of sp³-hybridized carbons (Fsp3) is 0.526. The van der Waals surface area contributed by atoms with Crippen molar-refractivity contribution in [2.45, 2.75) is 45.4 Å². The molecule has 136 valence electrons. The quantitative estimate of drug-likeness (QED) is 0.698. The van der Waals surface area contributed by atoms with Crippen LogP contribution in [0.4, 0.5) is 0 Å². The molecular formula is C19H24O6. The van der Waals surface area contributed by atoms with Gasteiger partial charge in [0.2, 0.25) is 0 Å². The van der Waals surface area contributed by atoms with Crippen LogP contribution >= 0.6 is 0 Å². The lowest BCUT2D eigenvalue weighted by atomic mass is 9.51. The highest BCUT2D eigenvalue weighted by molar-refractivity contribution is 5.88. The Hall–Kier alpha value is -2.37. The van der Waals surface area contributed by atoms with Gasteiger partial charge < -0.3 is 15.3 Å². The van der Waals surface area contributed by atoms with Crippen LogP contribution in [0, 0.1) is 16.7 Å². The molecule has 3 atom stereocenters. The molecule has 0 aliphatic heterocycles. The van der Waals surface area contributed by atoms with Gasteiger partial charge in [0.15, 0.2) is 0 Å². The minimum absolute atomic E-state index is 0.0851. The second-order valence-corrected chi connectivity index (χ2v) is 7.09. The highest BCUT2D eigenvalue weighted by Crippen LogP contribution is 2.56. The van der Waals surface area contributed by atoms with E-state index in [2.05, 4.69) is 0 Å². The monoisotopic (exact) mass is 348 g/mol. The lowest BCUT2D eigenvalue weighted by Gasteiger charge is -2.49. The number of hydrogen-bond acceptors (Lipinski definition) is 3. The first-order valence-corrected chi connectivity index (χ1v) is 8.49. The zero-order chi connectivity index (χ0) is 18.7. The van der Waals surface area contributed by atoms with Gasteiger partial charge in [-0.1, -0.05) is 50.1 Å². The Labute approximate surface area is 146 Å². The molecule has 2 rings (SSSR count). The van der Waals surface area contributed by atoms with Gasteiger partial charge in [0.05, 0.1) is 16.7 Å². The van der Waals surface area contributed by atoms with Gasteiger partial charge in [-0.2, -0.15) is 0 Å². The highest BCUT2D eigenvalue weighted by atomic mass is 16.4. The molecule has 0 saturated heterocycles. The molecule has 0 amide bonds. The van der Waals surface area contributed by atoms with Crippen LogP contribution in [-0.4, -0.2) is 33.2 Å². The molecule has 1 aromatic rings. The molecule has 0 spiro atoms. The fourth-order valence-corrected chi connectivity index (χ4v) is 4.23. The maximum atomic E-state index is 12.3. The van der Waals surface area contributed by atoms with E-state index in [0.717, 1.165) is 5.56 Å². The minimum atomic E-state index is -1.59. The van der Waals surface area contributed by atoms with Crippen molar-refractivity contribution < 1.29 is 29.7 Å². The lowest BCUT2D eigenvalue weighted by Crippen LogP contribution is -2.56. The summed E-state index contributed by atoms with van der Waals surface area (Å²) in [7, 11) is 0. The third-order valence-corrected chi connectivity index (χ3v) is 5.62. The smallest absolute Gasteiger partial charge is 0.311 e. The summed E-state index contributed by atoms with van der Waals surface area (Å²) >= 11 is 0. The number of carbonyl (C=O) groups is 3. The van der Waals surface area contributed by atoms with E-state index in [0.29, 0.717) is 12.8 Å². The van der Waals surface area contributed by atoms with Gasteiger partial charge in [0, 0.05) is 0 Å². The summed E-state index contributed by atoms with van der Waals surface area (Å²) in [6.45, 7) is 1.44. The third-order valence-electron chi connectivity index (χ3n) is 5.62. The Kier molecular flexibility index (Phi) is 5.50. The van der Waals surface area contributed by atoms with Crippen LogP contribution in [-0.2, 0) is 20.8 Å². The Morgan fingerprint density at radius 2 is 1.48 bits per heavy atom. The van der Waals surface area contributed by atoms with E-state index in [1.54, 1.807) is 24.3 Å². The molecule has 1 aliphatic rings. The summed E-state index contributed by atoms with van der Waals surface area (Å²) in [4.78, 5) is 36.0. The van der Waals surface area contributed by atoms with E-state index in [1.165, 1.54) is 6.92 Å². The Balaban J connectivity index is 2.56. The van der Waals surface area contributed by atoms with Crippen molar-refractivity contribution >= 4 is 17.9 Å². The van der Waals surface area contributed by atoms with Gasteiger partial charge in [-0.3, -0.25) is 14.4 Å². The molecule has 1 fully saturated rings. The maximum absolute atomic E-state index is 12.3. The summed E-state index contributed by atoms with van der Waals surface area (Å²) in [6, 6.07) is 8.96. The molecule has 0 heterocycles. The molecule has 0 bridgehead atoms. The normalized spacial score (nSPS) is 27.4. The first kappa shape index (κ1) is 19.0. The van der Waals surface area contributed by atoms with Gasteiger partial charge in [-0.25, -0.2) is 0 Å². The summed E-state index contributed by atoms with van der Waals surface area (Å²) in [5.41, 5.74) is -2.35. The van der Waals surface area contributed by atoms with E-state index < -0.39 is 34.7 Å². The van der Waals surface area contributed by atoms with Crippen molar-refractivity contribution in [3.05, 3.63) is 35.9 Å². The van der Waals surface area contributed by atoms with Gasteiger partial charge in [0.25, 0.3) is 0 Å². The fourth-order valence-electron chi connectivity index (χ4n) is 4.23. The van der Waals surface area contributed by atoms with Gasteiger partial charge >= 0.3 is 17.9 Å². The molecule has 1 aliphatic carbocycles. The van der Waals surface area contributed by atoms with Crippen molar-refractivity contribution in [1.82, 2.24) is 0 Å². The largest absolute Gasteiger partial charge is 0.481 e. The van der Waals surface area contributed by atoms with E-state index in [-0.39, 0.29) is 25.7 Å². The van der Waals surface area contributed by atoms with Gasteiger partial charge in [-0.05, 0) is 31.2 Å². The van der Waals surface area contributed by atoms with E-state index in [1.807, 2.05) is 6.07 Å². The topological polar surface area (TPSA) is 112 Å². The number of hydrogen-bond donors (Lipinski definition) is 3. The maximum Gasteiger partial charge on any atom is 0.311 e. The van der Waals surface area contributed by atoms with Crippen molar-refractivity contribution in [2.75, 3.05) is 0 Å². The molecule has 6 nitrogen and oxygen atoms in total. The van der Waals surface area contributed by atoms with Crippen LogP contribution in [0.1, 0.15) is 44.6 Å². The zero-order valence-corrected chi connectivity index (χ0v) is 14.3. The second kappa shape index (κ2) is 7.25. The van der Waals surface area contributed by atoms with E-state index in [4.69, 9.17) is 0 Å². The lowest BCUT2D eigenvalue weighted by molar-refractivity contribution is -0.183. The van der Waals surface area contributed by atoms with Crippen LogP contribution in [0.3, 0.4) is 0 Å². The molecule has 0 aromatic heterocycles. The third kappa shape index (κ3) is 3.38. The minimum Gasteiger partial charge on any atom is -0.481 e. The van der Waals surface area contributed by atoms with Gasteiger partial charge in [-0.15, -0.1) is 0 Å². The first-order chi connectivity index (χ1) is 11.7.